The van der Waals surface area contributed by atoms with Gasteiger partial charge >= 0.3 is 0 Å². The van der Waals surface area contributed by atoms with E-state index in [0.29, 0.717) is 17.9 Å². The number of halogens is 1. The molecule has 1 aromatic heterocycles. The van der Waals surface area contributed by atoms with Crippen molar-refractivity contribution in [2.24, 2.45) is 0 Å². The van der Waals surface area contributed by atoms with Gasteiger partial charge in [0.15, 0.2) is 0 Å². The molecule has 0 saturated carbocycles. The Morgan fingerprint density at radius 3 is 2.80 bits per heavy atom. The third kappa shape index (κ3) is 3.87. The normalized spacial score (nSPS) is 10.8. The highest BCUT2D eigenvalue weighted by molar-refractivity contribution is 9.10. The molecular weight excluding hydrogens is 380 g/mol. The number of hydrogen-bond acceptors (Lipinski definition) is 2. The molecule has 0 unspecified atom stereocenters. The number of methoxy groups -OCH3 is 1. The Balaban J connectivity index is 1.60. The molecular formula is C20H21BrN2O2. The highest BCUT2D eigenvalue weighted by atomic mass is 79.9. The van der Waals surface area contributed by atoms with Gasteiger partial charge in [-0.25, -0.2) is 0 Å². The van der Waals surface area contributed by atoms with Crippen molar-refractivity contribution < 1.29 is 9.53 Å². The number of ether oxygens (including phenoxy) is 1. The maximum Gasteiger partial charge on any atom is 0.252 e. The van der Waals surface area contributed by atoms with Crippen LogP contribution in [0.3, 0.4) is 0 Å². The van der Waals surface area contributed by atoms with Gasteiger partial charge in [-0.1, -0.05) is 18.2 Å². The summed E-state index contributed by atoms with van der Waals surface area (Å²) in [5.41, 5.74) is 3.06. The molecule has 0 spiro atoms. The van der Waals surface area contributed by atoms with Gasteiger partial charge in [-0.3, -0.25) is 4.79 Å². The van der Waals surface area contributed by atoms with E-state index in [1.165, 1.54) is 16.6 Å². The lowest BCUT2D eigenvalue weighted by atomic mass is 10.2. The third-order valence-corrected chi connectivity index (χ3v) is 4.97. The molecule has 0 bridgehead atoms. The van der Waals surface area contributed by atoms with Gasteiger partial charge in [-0.05, 0) is 65.0 Å². The number of carbonyl (C=O) groups excluding carboxylic acids is 1. The molecule has 130 valence electrons. The lowest BCUT2D eigenvalue weighted by Gasteiger charge is -2.11. The van der Waals surface area contributed by atoms with Crippen molar-refractivity contribution in [3.8, 4) is 5.75 Å². The number of carbonyl (C=O) groups is 1. The average Bonchev–Trinajstić information content (AvgIpc) is 2.94. The number of nitrogens with one attached hydrogen (secondary N) is 1. The Kier molecular flexibility index (Phi) is 5.43. The number of benzene rings is 2. The fourth-order valence-corrected chi connectivity index (χ4v) is 3.41. The van der Waals surface area contributed by atoms with E-state index in [1.807, 2.05) is 12.1 Å². The van der Waals surface area contributed by atoms with E-state index in [9.17, 15) is 4.79 Å². The Morgan fingerprint density at radius 2 is 2.00 bits per heavy atom. The zero-order chi connectivity index (χ0) is 17.8. The molecule has 2 aromatic carbocycles. The summed E-state index contributed by atoms with van der Waals surface area (Å²) in [5, 5.41) is 4.24. The van der Waals surface area contributed by atoms with Crippen LogP contribution >= 0.6 is 15.9 Å². The van der Waals surface area contributed by atoms with Gasteiger partial charge in [0.2, 0.25) is 0 Å². The summed E-state index contributed by atoms with van der Waals surface area (Å²) >= 11 is 3.42. The first kappa shape index (κ1) is 17.5. The first-order valence-corrected chi connectivity index (χ1v) is 9.06. The number of para-hydroxylation sites is 1. The Hall–Kier alpha value is -2.27. The van der Waals surface area contributed by atoms with Crippen molar-refractivity contribution in [2.45, 2.75) is 19.9 Å². The molecule has 0 radical (unpaired) electrons. The summed E-state index contributed by atoms with van der Waals surface area (Å²) < 4.78 is 8.24. The molecule has 0 atom stereocenters. The minimum absolute atomic E-state index is 0.0974. The first-order valence-electron chi connectivity index (χ1n) is 8.27. The lowest BCUT2D eigenvalue weighted by Crippen LogP contribution is -2.25. The standard InChI is InChI=1S/C20H21BrN2O2/c1-14-12-15-6-3-4-7-19(15)23(14)11-5-10-22-20(24)17-13-16(25-2)8-9-18(17)21/h3-4,6-9,12-13H,5,10-11H2,1-2H3,(H,22,24). The molecule has 3 aromatic rings. The number of rotatable bonds is 6. The van der Waals surface area contributed by atoms with Gasteiger partial charge in [0.25, 0.3) is 5.91 Å². The third-order valence-electron chi connectivity index (χ3n) is 4.28. The van der Waals surface area contributed by atoms with Crippen molar-refractivity contribution in [3.05, 3.63) is 64.3 Å². The number of amides is 1. The van der Waals surface area contributed by atoms with Crippen LogP contribution < -0.4 is 10.1 Å². The van der Waals surface area contributed by atoms with E-state index in [4.69, 9.17) is 4.74 Å². The molecule has 1 amide bonds. The molecule has 5 heteroatoms. The SMILES string of the molecule is COc1ccc(Br)c(C(=O)NCCCn2c(C)cc3ccccc32)c1. The smallest absolute Gasteiger partial charge is 0.252 e. The van der Waals surface area contributed by atoms with E-state index >= 15 is 0 Å². The highest BCUT2D eigenvalue weighted by Gasteiger charge is 2.11. The first-order chi connectivity index (χ1) is 12.1. The zero-order valence-corrected chi connectivity index (χ0v) is 16.0. The van der Waals surface area contributed by atoms with Crippen LogP contribution in [0.15, 0.2) is 53.0 Å². The Bertz CT molecular complexity index is 902. The number of fused-ring (bicyclic) bond motifs is 1. The zero-order valence-electron chi connectivity index (χ0n) is 14.4. The maximum absolute atomic E-state index is 12.4. The van der Waals surface area contributed by atoms with E-state index in [0.717, 1.165) is 17.4 Å². The summed E-state index contributed by atoms with van der Waals surface area (Å²) in [6.45, 7) is 3.61. The second kappa shape index (κ2) is 7.74. The van der Waals surface area contributed by atoms with Crippen molar-refractivity contribution in [1.82, 2.24) is 9.88 Å². The van der Waals surface area contributed by atoms with Crippen LogP contribution in [0.2, 0.25) is 0 Å². The largest absolute Gasteiger partial charge is 0.497 e. The minimum atomic E-state index is -0.0974. The monoisotopic (exact) mass is 400 g/mol. The number of aromatic nitrogens is 1. The van der Waals surface area contributed by atoms with Gasteiger partial charge in [0.1, 0.15) is 5.75 Å². The molecule has 25 heavy (non-hydrogen) atoms. The van der Waals surface area contributed by atoms with Gasteiger partial charge in [-0.15, -0.1) is 0 Å². The molecule has 0 aliphatic carbocycles. The van der Waals surface area contributed by atoms with Gasteiger partial charge < -0.3 is 14.6 Å². The minimum Gasteiger partial charge on any atom is -0.497 e. The van der Waals surface area contributed by atoms with Gasteiger partial charge in [0.05, 0.1) is 12.7 Å². The second-order valence-electron chi connectivity index (χ2n) is 5.95. The second-order valence-corrected chi connectivity index (χ2v) is 6.81. The van der Waals surface area contributed by atoms with E-state index in [2.05, 4.69) is 63.1 Å². The fourth-order valence-electron chi connectivity index (χ4n) is 2.98. The van der Waals surface area contributed by atoms with E-state index < -0.39 is 0 Å². The van der Waals surface area contributed by atoms with E-state index in [1.54, 1.807) is 13.2 Å². The van der Waals surface area contributed by atoms with Crippen molar-refractivity contribution in [3.63, 3.8) is 0 Å². The predicted octanol–water partition coefficient (Wildman–Crippen LogP) is 4.54. The van der Waals surface area contributed by atoms with Crippen LogP contribution in [-0.4, -0.2) is 24.1 Å². The van der Waals surface area contributed by atoms with Crippen LogP contribution in [0.1, 0.15) is 22.5 Å². The lowest BCUT2D eigenvalue weighted by molar-refractivity contribution is 0.0951. The van der Waals surface area contributed by atoms with Gasteiger partial charge in [-0.2, -0.15) is 0 Å². The Morgan fingerprint density at radius 1 is 1.20 bits per heavy atom. The summed E-state index contributed by atoms with van der Waals surface area (Å²) in [5.74, 6) is 0.572. The quantitative estimate of drug-likeness (QED) is 0.617. The Labute approximate surface area is 155 Å². The van der Waals surface area contributed by atoms with E-state index in [-0.39, 0.29) is 5.91 Å². The molecule has 3 rings (SSSR count). The van der Waals surface area contributed by atoms with Crippen LogP contribution in [0, 0.1) is 6.92 Å². The van der Waals surface area contributed by atoms with Crippen molar-refractivity contribution in [1.29, 1.82) is 0 Å². The topological polar surface area (TPSA) is 43.3 Å². The summed E-state index contributed by atoms with van der Waals surface area (Å²) in [6.07, 6.45) is 0.868. The molecule has 0 saturated heterocycles. The molecule has 0 fully saturated rings. The number of nitrogens with zero attached hydrogens (tertiary/aromatic N) is 1. The van der Waals surface area contributed by atoms with Crippen LogP contribution in [-0.2, 0) is 6.54 Å². The van der Waals surface area contributed by atoms with Crippen LogP contribution in [0.4, 0.5) is 0 Å². The van der Waals surface area contributed by atoms with Crippen LogP contribution in [0.5, 0.6) is 5.75 Å². The maximum atomic E-state index is 12.4. The fraction of sp³-hybridized carbons (Fsp3) is 0.250. The summed E-state index contributed by atoms with van der Waals surface area (Å²) in [6, 6.07) is 15.9. The van der Waals surface area contributed by atoms with Crippen LogP contribution in [0.25, 0.3) is 10.9 Å². The van der Waals surface area contributed by atoms with Gasteiger partial charge in [0, 0.05) is 28.8 Å². The average molecular weight is 401 g/mol. The summed E-state index contributed by atoms with van der Waals surface area (Å²) in [7, 11) is 1.59. The summed E-state index contributed by atoms with van der Waals surface area (Å²) in [4.78, 5) is 12.4. The van der Waals surface area contributed by atoms with Crippen molar-refractivity contribution in [2.75, 3.05) is 13.7 Å². The molecule has 0 aliphatic rings. The highest BCUT2D eigenvalue weighted by Crippen LogP contribution is 2.22. The molecule has 1 heterocycles. The van der Waals surface area contributed by atoms with Crippen molar-refractivity contribution >= 4 is 32.7 Å². The predicted molar refractivity (Wildman–Crippen MR) is 104 cm³/mol. The number of hydrogen-bond donors (Lipinski definition) is 1. The molecule has 0 aliphatic heterocycles. The molecule has 4 nitrogen and oxygen atoms in total. The molecule has 1 N–H and O–H groups in total. The number of aryl methyl sites for hydroxylation is 2.